The number of benzene rings is 1. The van der Waals surface area contributed by atoms with Gasteiger partial charge in [-0.05, 0) is 30.4 Å². The van der Waals surface area contributed by atoms with E-state index < -0.39 is 5.60 Å². The largest absolute Gasteiger partial charge is 0.383 e. The molecule has 19 heavy (non-hydrogen) atoms. The molecule has 3 heteroatoms. The van der Waals surface area contributed by atoms with Crippen LogP contribution in [0.4, 0.5) is 0 Å². The normalized spacial score (nSPS) is 27.8. The molecule has 2 unspecified atom stereocenters. The van der Waals surface area contributed by atoms with Gasteiger partial charge < -0.3 is 5.11 Å². The monoisotopic (exact) mass is 273 g/mol. The molecule has 0 amide bonds. The zero-order valence-corrected chi connectivity index (χ0v) is 11.9. The molecule has 2 aromatic rings. The van der Waals surface area contributed by atoms with Crippen LogP contribution >= 0.6 is 11.3 Å². The van der Waals surface area contributed by atoms with E-state index in [0.29, 0.717) is 0 Å². The molecule has 100 valence electrons. The summed E-state index contributed by atoms with van der Waals surface area (Å²) < 4.78 is 0. The maximum atomic E-state index is 10.9. The number of likely N-dealkylation sites (tertiary alicyclic amines) is 1. The number of thiophene rings is 1. The van der Waals surface area contributed by atoms with E-state index in [0.717, 1.165) is 24.4 Å². The van der Waals surface area contributed by atoms with E-state index in [2.05, 4.69) is 36.1 Å². The first-order valence-corrected chi connectivity index (χ1v) is 7.62. The predicted molar refractivity (Wildman–Crippen MR) is 79.1 cm³/mol. The summed E-state index contributed by atoms with van der Waals surface area (Å²) in [5.41, 5.74) is 0.632. The lowest BCUT2D eigenvalue weighted by molar-refractivity contribution is 0.00804. The number of rotatable bonds is 3. The summed E-state index contributed by atoms with van der Waals surface area (Å²) in [5, 5.41) is 13.0. The predicted octanol–water partition coefficient (Wildman–Crippen LogP) is 3.23. The van der Waals surface area contributed by atoms with Crippen molar-refractivity contribution in [2.24, 2.45) is 0 Å². The molecule has 0 bridgehead atoms. The summed E-state index contributed by atoms with van der Waals surface area (Å²) in [5.74, 6) is 0. The van der Waals surface area contributed by atoms with E-state index >= 15 is 0 Å². The standard InChI is InChI=1S/C16H19NOS/c1-13-16(18,15-8-5-11-19-15)9-10-17(13)12-14-6-3-2-4-7-14/h2-8,11,13,18H,9-10,12H2,1H3. The average Bonchev–Trinajstić information content (AvgIpc) is 3.05. The Morgan fingerprint density at radius 3 is 2.74 bits per heavy atom. The second-order valence-electron chi connectivity index (χ2n) is 5.28. The van der Waals surface area contributed by atoms with Crippen molar-refractivity contribution in [3.05, 3.63) is 58.3 Å². The van der Waals surface area contributed by atoms with Crippen LogP contribution in [-0.2, 0) is 12.1 Å². The molecule has 2 nitrogen and oxygen atoms in total. The van der Waals surface area contributed by atoms with Crippen LogP contribution in [0.1, 0.15) is 23.8 Å². The Morgan fingerprint density at radius 2 is 2.05 bits per heavy atom. The molecule has 0 radical (unpaired) electrons. The van der Waals surface area contributed by atoms with E-state index in [1.165, 1.54) is 5.56 Å². The first-order valence-electron chi connectivity index (χ1n) is 6.74. The van der Waals surface area contributed by atoms with Gasteiger partial charge in [-0.2, -0.15) is 0 Å². The smallest absolute Gasteiger partial charge is 0.115 e. The van der Waals surface area contributed by atoms with Crippen molar-refractivity contribution in [1.29, 1.82) is 0 Å². The van der Waals surface area contributed by atoms with Crippen LogP contribution < -0.4 is 0 Å². The Morgan fingerprint density at radius 1 is 1.26 bits per heavy atom. The summed E-state index contributed by atoms with van der Waals surface area (Å²) in [4.78, 5) is 3.46. The van der Waals surface area contributed by atoms with Crippen LogP contribution in [-0.4, -0.2) is 22.6 Å². The van der Waals surface area contributed by atoms with Gasteiger partial charge in [0.25, 0.3) is 0 Å². The minimum Gasteiger partial charge on any atom is -0.383 e. The summed E-state index contributed by atoms with van der Waals surface area (Å²) in [7, 11) is 0. The van der Waals surface area contributed by atoms with Crippen molar-refractivity contribution >= 4 is 11.3 Å². The lowest BCUT2D eigenvalue weighted by Gasteiger charge is -2.30. The Balaban J connectivity index is 1.77. The van der Waals surface area contributed by atoms with Gasteiger partial charge in [0.05, 0.1) is 0 Å². The summed E-state index contributed by atoms with van der Waals surface area (Å²) in [6.45, 7) is 4.00. The van der Waals surface area contributed by atoms with Gasteiger partial charge in [-0.3, -0.25) is 4.90 Å². The Kier molecular flexibility index (Phi) is 3.44. The summed E-state index contributed by atoms with van der Waals surface area (Å²) in [6.07, 6.45) is 0.821. The quantitative estimate of drug-likeness (QED) is 0.928. The molecule has 1 aliphatic rings. The number of hydrogen-bond acceptors (Lipinski definition) is 3. The van der Waals surface area contributed by atoms with E-state index in [9.17, 15) is 5.11 Å². The average molecular weight is 273 g/mol. The first-order chi connectivity index (χ1) is 9.20. The highest BCUT2D eigenvalue weighted by atomic mass is 32.1. The molecule has 2 atom stereocenters. The molecule has 1 aromatic carbocycles. The number of nitrogens with zero attached hydrogens (tertiary/aromatic N) is 1. The zero-order chi connectivity index (χ0) is 13.3. The lowest BCUT2D eigenvalue weighted by Crippen LogP contribution is -2.39. The molecule has 1 fully saturated rings. The van der Waals surface area contributed by atoms with Crippen molar-refractivity contribution in [2.45, 2.75) is 31.5 Å². The third-order valence-corrected chi connectivity index (χ3v) is 5.23. The molecule has 0 saturated carbocycles. The van der Waals surface area contributed by atoms with E-state index in [4.69, 9.17) is 0 Å². The lowest BCUT2D eigenvalue weighted by atomic mass is 9.94. The van der Waals surface area contributed by atoms with Gasteiger partial charge in [0.1, 0.15) is 5.60 Å². The fourth-order valence-electron chi connectivity index (χ4n) is 2.91. The van der Waals surface area contributed by atoms with Crippen LogP contribution in [0.25, 0.3) is 0 Å². The molecule has 1 aliphatic heterocycles. The fraction of sp³-hybridized carbons (Fsp3) is 0.375. The highest BCUT2D eigenvalue weighted by Gasteiger charge is 2.45. The molecule has 3 rings (SSSR count). The molecular formula is C16H19NOS. The minimum atomic E-state index is -0.678. The molecule has 1 saturated heterocycles. The van der Waals surface area contributed by atoms with E-state index in [1.54, 1.807) is 11.3 Å². The maximum absolute atomic E-state index is 10.9. The highest BCUT2D eigenvalue weighted by molar-refractivity contribution is 7.10. The Labute approximate surface area is 118 Å². The van der Waals surface area contributed by atoms with Crippen LogP contribution in [0.15, 0.2) is 47.8 Å². The molecule has 0 aliphatic carbocycles. The van der Waals surface area contributed by atoms with Gasteiger partial charge >= 0.3 is 0 Å². The van der Waals surface area contributed by atoms with Crippen molar-refractivity contribution < 1.29 is 5.11 Å². The first kappa shape index (κ1) is 12.9. The zero-order valence-electron chi connectivity index (χ0n) is 11.1. The second-order valence-corrected chi connectivity index (χ2v) is 6.23. The van der Waals surface area contributed by atoms with Crippen molar-refractivity contribution in [2.75, 3.05) is 6.54 Å². The molecule has 1 N–H and O–H groups in total. The fourth-order valence-corrected chi connectivity index (χ4v) is 3.84. The Hall–Kier alpha value is -1.16. The topological polar surface area (TPSA) is 23.5 Å². The SMILES string of the molecule is CC1N(Cc2ccccc2)CCC1(O)c1cccs1. The maximum Gasteiger partial charge on any atom is 0.115 e. The van der Waals surface area contributed by atoms with Crippen molar-refractivity contribution in [1.82, 2.24) is 4.90 Å². The van der Waals surface area contributed by atoms with Crippen molar-refractivity contribution in [3.8, 4) is 0 Å². The summed E-state index contributed by atoms with van der Waals surface area (Å²) in [6, 6.07) is 14.7. The molecule has 1 aromatic heterocycles. The van der Waals surface area contributed by atoms with Gasteiger partial charge in [-0.25, -0.2) is 0 Å². The number of hydrogen-bond donors (Lipinski definition) is 1. The Bertz CT molecular complexity index is 525. The van der Waals surface area contributed by atoms with Crippen LogP contribution in [0.5, 0.6) is 0 Å². The van der Waals surface area contributed by atoms with Gasteiger partial charge in [0.2, 0.25) is 0 Å². The van der Waals surface area contributed by atoms with E-state index in [-0.39, 0.29) is 6.04 Å². The van der Waals surface area contributed by atoms with Gasteiger partial charge in [0.15, 0.2) is 0 Å². The summed E-state index contributed by atoms with van der Waals surface area (Å²) >= 11 is 1.65. The van der Waals surface area contributed by atoms with Crippen LogP contribution in [0.2, 0.25) is 0 Å². The third kappa shape index (κ3) is 2.34. The van der Waals surface area contributed by atoms with Crippen molar-refractivity contribution in [3.63, 3.8) is 0 Å². The van der Waals surface area contributed by atoms with Crippen LogP contribution in [0.3, 0.4) is 0 Å². The molecule has 0 spiro atoms. The minimum absolute atomic E-state index is 0.159. The van der Waals surface area contributed by atoms with Gasteiger partial charge in [-0.1, -0.05) is 36.4 Å². The van der Waals surface area contributed by atoms with E-state index in [1.807, 2.05) is 23.6 Å². The van der Waals surface area contributed by atoms with Crippen LogP contribution in [0, 0.1) is 0 Å². The molecular weight excluding hydrogens is 254 g/mol. The third-order valence-electron chi connectivity index (χ3n) is 4.20. The molecule has 2 heterocycles. The van der Waals surface area contributed by atoms with Gasteiger partial charge in [-0.15, -0.1) is 11.3 Å². The highest BCUT2D eigenvalue weighted by Crippen LogP contribution is 2.40. The second kappa shape index (κ2) is 5.08. The number of aliphatic hydroxyl groups is 1. The van der Waals surface area contributed by atoms with Gasteiger partial charge in [0, 0.05) is 24.0 Å².